The number of carbonyl (C=O) groups excluding carboxylic acids is 2. The maximum absolute atomic E-state index is 13.1. The number of aryl methyl sites for hydroxylation is 2. The molecule has 0 unspecified atom stereocenters. The Kier molecular flexibility index (Phi) is 6.54. The number of rotatable bonds is 3. The van der Waals surface area contributed by atoms with E-state index in [0.717, 1.165) is 11.1 Å². The highest BCUT2D eigenvalue weighted by molar-refractivity contribution is 6.63. The fourth-order valence-electron chi connectivity index (χ4n) is 2.84. The average Bonchev–Trinajstić information content (AvgIpc) is 2.56. The highest BCUT2D eigenvalue weighted by atomic mass is 35.5. The summed E-state index contributed by atoms with van der Waals surface area (Å²) in [5.41, 5.74) is 4.28. The Morgan fingerprint density at radius 1 is 1.07 bits per heavy atom. The van der Waals surface area contributed by atoms with Crippen molar-refractivity contribution in [3.05, 3.63) is 63.7 Å². The van der Waals surface area contributed by atoms with Crippen LogP contribution in [0, 0.1) is 13.8 Å². The van der Waals surface area contributed by atoms with Gasteiger partial charge in [-0.25, -0.2) is 5.01 Å². The molecule has 28 heavy (non-hydrogen) atoms. The van der Waals surface area contributed by atoms with Crippen LogP contribution in [0.1, 0.15) is 52.6 Å². The molecule has 3 N–H and O–H groups in total. The first-order valence-corrected chi connectivity index (χ1v) is 9.18. The topological polar surface area (TPSA) is 89.9 Å². The average molecular weight is 403 g/mol. The number of amides is 2. The molecule has 6 nitrogen and oxygen atoms in total. The van der Waals surface area contributed by atoms with Gasteiger partial charge in [0.15, 0.2) is 0 Å². The van der Waals surface area contributed by atoms with E-state index in [1.165, 1.54) is 23.2 Å². The molecule has 0 fully saturated rings. The number of halogens is 1. The van der Waals surface area contributed by atoms with Gasteiger partial charge in [-0.15, -0.1) is 0 Å². The molecule has 2 aromatic carbocycles. The lowest BCUT2D eigenvalue weighted by Gasteiger charge is -2.35. The summed E-state index contributed by atoms with van der Waals surface area (Å²) in [6, 6.07) is 9.83. The van der Waals surface area contributed by atoms with Crippen molar-refractivity contribution in [1.29, 1.82) is 0 Å². The highest BCUT2D eigenvalue weighted by Gasteiger charge is 2.31. The number of hydrogen-bond donors (Lipinski definition) is 3. The van der Waals surface area contributed by atoms with Gasteiger partial charge in [0, 0.05) is 11.0 Å². The fraction of sp³-hybridized carbons (Fsp3) is 0.300. The van der Waals surface area contributed by atoms with E-state index in [0.29, 0.717) is 5.56 Å². The molecule has 148 valence electrons. The van der Waals surface area contributed by atoms with Crippen LogP contribution in [0.25, 0.3) is 0 Å². The largest absolute Gasteiger partial charge is 0.489 e. The van der Waals surface area contributed by atoms with Crippen molar-refractivity contribution < 1.29 is 19.6 Å². The van der Waals surface area contributed by atoms with Gasteiger partial charge in [-0.2, -0.15) is 0 Å². The molecule has 0 aliphatic carbocycles. The molecule has 2 amide bonds. The minimum atomic E-state index is -1.81. The Morgan fingerprint density at radius 3 is 2.14 bits per heavy atom. The van der Waals surface area contributed by atoms with Gasteiger partial charge < -0.3 is 10.0 Å². The van der Waals surface area contributed by atoms with E-state index < -0.39 is 18.6 Å². The first-order valence-electron chi connectivity index (χ1n) is 8.80. The minimum absolute atomic E-state index is 0.0114. The highest BCUT2D eigenvalue weighted by Crippen LogP contribution is 2.19. The van der Waals surface area contributed by atoms with Crippen LogP contribution in [0.5, 0.6) is 0 Å². The van der Waals surface area contributed by atoms with Crippen molar-refractivity contribution in [3.63, 3.8) is 0 Å². The predicted octanol–water partition coefficient (Wildman–Crippen LogP) is 2.22. The Morgan fingerprint density at radius 2 is 1.64 bits per heavy atom. The van der Waals surface area contributed by atoms with Gasteiger partial charge in [0.25, 0.3) is 11.8 Å². The second-order valence-corrected chi connectivity index (χ2v) is 8.09. The maximum Gasteiger partial charge on any atom is 0.489 e. The second kappa shape index (κ2) is 8.35. The molecule has 2 aromatic rings. The molecule has 0 bridgehead atoms. The van der Waals surface area contributed by atoms with E-state index in [-0.39, 0.29) is 22.0 Å². The lowest BCUT2D eigenvalue weighted by Crippen LogP contribution is -2.56. The quantitative estimate of drug-likeness (QED) is 0.542. The van der Waals surface area contributed by atoms with Gasteiger partial charge in [-0.3, -0.25) is 15.0 Å². The lowest BCUT2D eigenvalue weighted by molar-refractivity contribution is 0.0358. The number of hydrogen-bond acceptors (Lipinski definition) is 4. The number of nitrogens with one attached hydrogen (secondary N) is 1. The third kappa shape index (κ3) is 4.92. The van der Waals surface area contributed by atoms with Crippen molar-refractivity contribution in [2.24, 2.45) is 0 Å². The van der Waals surface area contributed by atoms with E-state index in [4.69, 9.17) is 11.6 Å². The maximum atomic E-state index is 13.1. The van der Waals surface area contributed by atoms with Gasteiger partial charge in [0.1, 0.15) is 0 Å². The zero-order valence-electron chi connectivity index (χ0n) is 16.6. The third-order valence-corrected chi connectivity index (χ3v) is 4.53. The van der Waals surface area contributed by atoms with Crippen LogP contribution in [0.2, 0.25) is 5.02 Å². The Labute approximate surface area is 170 Å². The SMILES string of the molecule is Cc1cc(C)cc(C(=O)N(NC(=O)c2cccc(B(O)O)c2Cl)C(C)(C)C)c1. The van der Waals surface area contributed by atoms with Crippen molar-refractivity contribution in [2.75, 3.05) is 0 Å². The summed E-state index contributed by atoms with van der Waals surface area (Å²) < 4.78 is 0. The van der Waals surface area contributed by atoms with E-state index in [1.807, 2.05) is 19.9 Å². The van der Waals surface area contributed by atoms with Gasteiger partial charge in [0.05, 0.1) is 16.1 Å². The van der Waals surface area contributed by atoms with Crippen LogP contribution in [-0.2, 0) is 0 Å². The molecular formula is C20H24BClN2O4. The monoisotopic (exact) mass is 402 g/mol. The Bertz CT molecular complexity index is 889. The fourth-order valence-corrected chi connectivity index (χ4v) is 3.15. The first kappa shape index (κ1) is 21.9. The zero-order valence-corrected chi connectivity index (χ0v) is 17.3. The summed E-state index contributed by atoms with van der Waals surface area (Å²) in [6.45, 7) is 9.18. The number of nitrogens with zero attached hydrogens (tertiary/aromatic N) is 1. The predicted molar refractivity (Wildman–Crippen MR) is 111 cm³/mol. The van der Waals surface area contributed by atoms with Crippen LogP contribution in [0.15, 0.2) is 36.4 Å². The summed E-state index contributed by atoms with van der Waals surface area (Å²) in [7, 11) is -1.81. The second-order valence-electron chi connectivity index (χ2n) is 7.71. The van der Waals surface area contributed by atoms with Gasteiger partial charge in [-0.1, -0.05) is 40.9 Å². The number of benzene rings is 2. The van der Waals surface area contributed by atoms with E-state index in [1.54, 1.807) is 32.9 Å². The standard InChI is InChI=1S/C20H24BClN2O4/c1-12-9-13(2)11-14(10-12)19(26)24(20(3,4)5)23-18(25)15-7-6-8-16(17(15)22)21(27)28/h6-11,27-28H,1-5H3,(H,23,25). The molecule has 0 saturated heterocycles. The molecule has 0 aliphatic rings. The lowest BCUT2D eigenvalue weighted by atomic mass is 9.79. The summed E-state index contributed by atoms with van der Waals surface area (Å²) in [5, 5.41) is 19.9. The smallest absolute Gasteiger partial charge is 0.423 e. The molecular weight excluding hydrogens is 378 g/mol. The normalized spacial score (nSPS) is 11.1. The van der Waals surface area contributed by atoms with E-state index in [2.05, 4.69) is 5.43 Å². The van der Waals surface area contributed by atoms with E-state index >= 15 is 0 Å². The molecule has 2 rings (SSSR count). The van der Waals surface area contributed by atoms with E-state index in [9.17, 15) is 19.6 Å². The third-order valence-electron chi connectivity index (χ3n) is 4.11. The molecule has 0 atom stereocenters. The first-order chi connectivity index (χ1) is 12.9. The summed E-state index contributed by atoms with van der Waals surface area (Å²) in [5.74, 6) is -0.984. The molecule has 0 aromatic heterocycles. The summed E-state index contributed by atoms with van der Waals surface area (Å²) in [4.78, 5) is 25.9. The number of carbonyl (C=O) groups is 2. The van der Waals surface area contributed by atoms with Crippen molar-refractivity contribution in [2.45, 2.75) is 40.2 Å². The summed E-state index contributed by atoms with van der Waals surface area (Å²) >= 11 is 6.15. The minimum Gasteiger partial charge on any atom is -0.423 e. The molecule has 0 radical (unpaired) electrons. The molecule has 0 spiro atoms. The van der Waals surface area contributed by atoms with Crippen LogP contribution in [0.4, 0.5) is 0 Å². The van der Waals surface area contributed by atoms with Crippen molar-refractivity contribution in [3.8, 4) is 0 Å². The van der Waals surface area contributed by atoms with Crippen molar-refractivity contribution >= 4 is 36.0 Å². The Balaban J connectivity index is 2.39. The zero-order chi connectivity index (χ0) is 21.2. The Hall–Kier alpha value is -2.35. The molecule has 8 heteroatoms. The van der Waals surface area contributed by atoms with Crippen LogP contribution in [-0.4, -0.2) is 39.5 Å². The molecule has 0 aliphatic heterocycles. The molecule has 0 heterocycles. The number of hydrazine groups is 1. The van der Waals surface area contributed by atoms with Crippen LogP contribution in [0.3, 0.4) is 0 Å². The van der Waals surface area contributed by atoms with Gasteiger partial charge in [-0.05, 0) is 52.8 Å². The van der Waals surface area contributed by atoms with Crippen LogP contribution < -0.4 is 10.9 Å². The molecule has 0 saturated carbocycles. The van der Waals surface area contributed by atoms with Gasteiger partial charge in [0.2, 0.25) is 0 Å². The van der Waals surface area contributed by atoms with Crippen LogP contribution >= 0.6 is 11.6 Å². The van der Waals surface area contributed by atoms with Crippen molar-refractivity contribution in [1.82, 2.24) is 10.4 Å². The summed E-state index contributed by atoms with van der Waals surface area (Å²) in [6.07, 6.45) is 0. The van der Waals surface area contributed by atoms with Gasteiger partial charge >= 0.3 is 7.12 Å².